The number of carboxylic acid groups (broad SMARTS) is 1. The third-order valence-corrected chi connectivity index (χ3v) is 13.5. The molecule has 0 fully saturated rings. The molecule has 0 bridgehead atoms. The molecule has 1 N–H and O–H groups in total. The van der Waals surface area contributed by atoms with Crippen LogP contribution in [-0.4, -0.2) is 87.4 Å². The predicted molar refractivity (Wildman–Crippen MR) is 336 cm³/mol. The highest BCUT2D eigenvalue weighted by Crippen LogP contribution is 2.16. The summed E-state index contributed by atoms with van der Waals surface area (Å²) in [5, 5.41) is 9.73. The highest BCUT2D eigenvalue weighted by Gasteiger charge is 2.25. The summed E-state index contributed by atoms with van der Waals surface area (Å²) in [4.78, 5) is 37.6. The minimum absolute atomic E-state index is 0.180. The Bertz CT molecular complexity index is 1660. The van der Waals surface area contributed by atoms with Gasteiger partial charge in [0.15, 0.2) is 6.10 Å². The zero-order chi connectivity index (χ0) is 57.6. The van der Waals surface area contributed by atoms with E-state index in [1.54, 1.807) is 0 Å². The van der Waals surface area contributed by atoms with Crippen LogP contribution in [0.2, 0.25) is 0 Å². The van der Waals surface area contributed by atoms with Crippen molar-refractivity contribution in [1.82, 2.24) is 0 Å². The molecule has 9 heteroatoms. The number of likely N-dealkylation sites (N-methyl/N-ethyl adjacent to an activating group) is 1. The molecule has 452 valence electrons. The van der Waals surface area contributed by atoms with E-state index >= 15 is 0 Å². The van der Waals surface area contributed by atoms with Crippen LogP contribution in [0, 0.1) is 0 Å². The summed E-state index contributed by atoms with van der Waals surface area (Å²) in [6.45, 7) is 4.75. The highest BCUT2D eigenvalue weighted by molar-refractivity contribution is 5.71. The minimum atomic E-state index is -1.52. The fourth-order valence-corrected chi connectivity index (χ4v) is 8.61. The first kappa shape index (κ1) is 75.0. The number of esters is 2. The molecule has 79 heavy (non-hydrogen) atoms. The van der Waals surface area contributed by atoms with Crippen LogP contribution >= 0.6 is 0 Å². The topological polar surface area (TPSA) is 108 Å². The van der Waals surface area contributed by atoms with Gasteiger partial charge in [-0.25, -0.2) is 4.79 Å². The summed E-state index contributed by atoms with van der Waals surface area (Å²) in [6, 6.07) is 0. The van der Waals surface area contributed by atoms with Crippen molar-refractivity contribution in [2.75, 3.05) is 47.5 Å². The van der Waals surface area contributed by atoms with Gasteiger partial charge in [-0.2, -0.15) is 0 Å². The molecule has 0 aliphatic rings. The lowest BCUT2D eigenvalue weighted by molar-refractivity contribution is -0.870. The Morgan fingerprint density at radius 1 is 0.392 bits per heavy atom. The minimum Gasteiger partial charge on any atom is -0.477 e. The van der Waals surface area contributed by atoms with Crippen LogP contribution in [0.4, 0.5) is 0 Å². The molecule has 0 aromatic carbocycles. The number of ether oxygens (including phenoxy) is 4. The molecule has 0 aromatic heterocycles. The van der Waals surface area contributed by atoms with Crippen molar-refractivity contribution >= 4 is 17.9 Å². The Hall–Kier alpha value is -4.05. The van der Waals surface area contributed by atoms with Gasteiger partial charge in [0.05, 0.1) is 34.4 Å². The number of carbonyl (C=O) groups excluding carboxylic acids is 2. The molecular weight excluding hydrogens is 983 g/mol. The average molecular weight is 1100 g/mol. The van der Waals surface area contributed by atoms with E-state index < -0.39 is 24.3 Å². The molecule has 0 aliphatic carbocycles. The number of hydrogen-bond donors (Lipinski definition) is 1. The maximum absolute atomic E-state index is 12.9. The smallest absolute Gasteiger partial charge is 0.361 e. The number of hydrogen-bond acceptors (Lipinski definition) is 7. The van der Waals surface area contributed by atoms with Crippen molar-refractivity contribution in [2.24, 2.45) is 0 Å². The van der Waals surface area contributed by atoms with Crippen LogP contribution < -0.4 is 0 Å². The van der Waals surface area contributed by atoms with Crippen molar-refractivity contribution in [3.63, 3.8) is 0 Å². The Kier molecular flexibility index (Phi) is 57.0. The monoisotopic (exact) mass is 1100 g/mol. The summed E-state index contributed by atoms with van der Waals surface area (Å²) in [7, 11) is 5.96. The Morgan fingerprint density at radius 2 is 0.722 bits per heavy atom. The van der Waals surface area contributed by atoms with E-state index in [-0.39, 0.29) is 32.2 Å². The average Bonchev–Trinajstić information content (AvgIpc) is 3.42. The number of carboxylic acids is 1. The normalized spacial score (nSPS) is 13.5. The first-order valence-corrected chi connectivity index (χ1v) is 32.1. The van der Waals surface area contributed by atoms with Crippen LogP contribution in [-0.2, 0) is 33.3 Å². The van der Waals surface area contributed by atoms with Gasteiger partial charge in [0, 0.05) is 12.8 Å². The lowest BCUT2D eigenvalue weighted by Gasteiger charge is -2.25. The van der Waals surface area contributed by atoms with E-state index in [1.807, 2.05) is 21.1 Å². The maximum atomic E-state index is 12.9. The molecular formula is C70H120NO8+. The summed E-state index contributed by atoms with van der Waals surface area (Å²) < 4.78 is 22.9. The van der Waals surface area contributed by atoms with E-state index in [2.05, 4.69) is 123 Å². The van der Waals surface area contributed by atoms with Gasteiger partial charge in [0.2, 0.25) is 0 Å². The number of rotatable bonds is 58. The molecule has 0 heterocycles. The van der Waals surface area contributed by atoms with Gasteiger partial charge in [-0.05, 0) is 103 Å². The molecule has 0 spiro atoms. The lowest BCUT2D eigenvalue weighted by Crippen LogP contribution is -2.40. The number of quaternary nitrogens is 1. The highest BCUT2D eigenvalue weighted by atomic mass is 16.7. The third kappa shape index (κ3) is 61.4. The summed E-state index contributed by atoms with van der Waals surface area (Å²) in [6.07, 6.45) is 80.3. The number of unbranched alkanes of at least 4 members (excludes halogenated alkanes) is 25. The van der Waals surface area contributed by atoms with Crippen LogP contribution in [0.1, 0.15) is 258 Å². The van der Waals surface area contributed by atoms with E-state index in [4.69, 9.17) is 18.9 Å². The maximum Gasteiger partial charge on any atom is 0.361 e. The second-order valence-corrected chi connectivity index (χ2v) is 22.3. The van der Waals surface area contributed by atoms with Crippen LogP contribution in [0.3, 0.4) is 0 Å². The predicted octanol–water partition coefficient (Wildman–Crippen LogP) is 19.5. The Labute approximate surface area is 485 Å². The van der Waals surface area contributed by atoms with E-state index in [0.717, 1.165) is 96.3 Å². The number of aliphatic carboxylic acids is 1. The van der Waals surface area contributed by atoms with Crippen LogP contribution in [0.15, 0.2) is 109 Å². The van der Waals surface area contributed by atoms with E-state index in [9.17, 15) is 19.5 Å². The molecule has 9 nitrogen and oxygen atoms in total. The zero-order valence-electron chi connectivity index (χ0n) is 51.5. The molecule has 2 unspecified atom stereocenters. The standard InChI is InChI=1S/C70H119NO8/c1-6-8-10-12-14-16-18-20-22-24-26-28-30-32-34-36-38-40-42-44-46-48-50-52-54-56-58-60-67(72)77-64-66(65-78-70(69(74)75)76-63-62-71(3,4)5)79-68(73)61-59-57-55-53-51-49-47-45-43-41-39-37-35-33-31-29-27-25-23-21-19-17-15-13-11-9-7-2/h9,11,15,17-18,20-21,23-24,26-27,29-30,32-33,35,39,41,66,70H,6-8,10,12-14,16,19,22,25,28,31,34,36-38,40,42-65H2,1-5H3/p+1/b11-9-,17-15-,20-18-,23-21-,26-24-,29-27-,32-30-,35-33-,41-39-. The SMILES string of the molecule is CC/C=C\C/C=C\C/C=C\C/C=C\C/C=C\C/C=C\CCCCCCCCCCC(=O)OC(COC(=O)CCCCCCCCCCCCCC/C=C\C/C=C\C/C=C\CCCCCCC)COC(OCC[N+](C)(C)C)C(=O)O. The van der Waals surface area contributed by atoms with Gasteiger partial charge in [-0.1, -0.05) is 252 Å². The molecule has 2 atom stereocenters. The molecule has 0 saturated carbocycles. The largest absolute Gasteiger partial charge is 0.477 e. The Balaban J connectivity index is 4.23. The van der Waals surface area contributed by atoms with Crippen molar-refractivity contribution in [1.29, 1.82) is 0 Å². The van der Waals surface area contributed by atoms with Crippen LogP contribution in [0.25, 0.3) is 0 Å². The summed E-state index contributed by atoms with van der Waals surface area (Å²) in [5.74, 6) is -2.02. The second kappa shape index (κ2) is 60.1. The fraction of sp³-hybridized carbons (Fsp3) is 0.700. The second-order valence-electron chi connectivity index (χ2n) is 22.3. The van der Waals surface area contributed by atoms with Gasteiger partial charge in [0.25, 0.3) is 6.29 Å². The van der Waals surface area contributed by atoms with Gasteiger partial charge < -0.3 is 28.5 Å². The zero-order valence-corrected chi connectivity index (χ0v) is 51.5. The molecule has 0 radical (unpaired) electrons. The van der Waals surface area contributed by atoms with Crippen molar-refractivity contribution in [3.05, 3.63) is 109 Å². The summed E-state index contributed by atoms with van der Waals surface area (Å²) >= 11 is 0. The number of allylic oxidation sites excluding steroid dienone is 18. The first-order chi connectivity index (χ1) is 38.6. The number of nitrogens with zero attached hydrogens (tertiary/aromatic N) is 1. The van der Waals surface area contributed by atoms with E-state index in [1.165, 1.54) is 128 Å². The van der Waals surface area contributed by atoms with Gasteiger partial charge in [-0.15, -0.1) is 0 Å². The molecule has 0 rings (SSSR count). The van der Waals surface area contributed by atoms with Crippen molar-refractivity contribution in [3.8, 4) is 0 Å². The van der Waals surface area contributed by atoms with Gasteiger partial charge in [0.1, 0.15) is 13.2 Å². The van der Waals surface area contributed by atoms with Crippen LogP contribution in [0.5, 0.6) is 0 Å². The van der Waals surface area contributed by atoms with Gasteiger partial charge >= 0.3 is 17.9 Å². The quantitative estimate of drug-likeness (QED) is 0.0211. The number of carbonyl (C=O) groups is 3. The van der Waals surface area contributed by atoms with Crippen molar-refractivity contribution in [2.45, 2.75) is 270 Å². The molecule has 0 amide bonds. The van der Waals surface area contributed by atoms with Crippen molar-refractivity contribution < 1.29 is 42.9 Å². The molecule has 0 aromatic rings. The molecule has 0 aliphatic heterocycles. The molecule has 0 saturated heterocycles. The fourth-order valence-electron chi connectivity index (χ4n) is 8.61. The summed E-state index contributed by atoms with van der Waals surface area (Å²) in [5.41, 5.74) is 0. The third-order valence-electron chi connectivity index (χ3n) is 13.5. The Morgan fingerprint density at radius 3 is 1.08 bits per heavy atom. The van der Waals surface area contributed by atoms with Gasteiger partial charge in [-0.3, -0.25) is 9.59 Å². The van der Waals surface area contributed by atoms with E-state index in [0.29, 0.717) is 23.9 Å². The lowest BCUT2D eigenvalue weighted by atomic mass is 10.0. The first-order valence-electron chi connectivity index (χ1n) is 32.1.